The molecular weight excluding hydrogens is 284 g/mol. The molecule has 2 fully saturated rings. The van der Waals surface area contributed by atoms with E-state index in [0.29, 0.717) is 19.4 Å². The highest BCUT2D eigenvalue weighted by Gasteiger charge is 2.37. The minimum absolute atomic E-state index is 0.0648. The Bertz CT molecular complexity index is 490. The van der Waals surface area contributed by atoms with Gasteiger partial charge in [0.05, 0.1) is 17.4 Å². The highest BCUT2D eigenvalue weighted by Crippen LogP contribution is 2.23. The van der Waals surface area contributed by atoms with Gasteiger partial charge in [-0.2, -0.15) is 0 Å². The molecule has 2 atom stereocenters. The molecule has 2 rings (SSSR count). The number of carboxylic acids is 1. The van der Waals surface area contributed by atoms with Gasteiger partial charge < -0.3 is 15.3 Å². The van der Waals surface area contributed by atoms with Crippen LogP contribution >= 0.6 is 0 Å². The first-order valence-corrected chi connectivity index (χ1v) is 8.59. The number of carboxylic acid groups (broad SMARTS) is 1. The molecule has 0 radical (unpaired) electrons. The van der Waals surface area contributed by atoms with Crippen molar-refractivity contribution >= 4 is 21.8 Å². The van der Waals surface area contributed by atoms with Gasteiger partial charge in [-0.3, -0.25) is 4.79 Å². The predicted octanol–water partition coefficient (Wildman–Crippen LogP) is -0.0743. The highest BCUT2D eigenvalue weighted by atomic mass is 32.2. The van der Waals surface area contributed by atoms with Crippen LogP contribution in [0.25, 0.3) is 0 Å². The van der Waals surface area contributed by atoms with Crippen molar-refractivity contribution in [3.8, 4) is 0 Å². The van der Waals surface area contributed by atoms with Gasteiger partial charge in [-0.05, 0) is 18.8 Å². The van der Waals surface area contributed by atoms with Crippen molar-refractivity contribution < 1.29 is 23.1 Å². The van der Waals surface area contributed by atoms with E-state index in [9.17, 15) is 18.0 Å². The van der Waals surface area contributed by atoms with Crippen molar-refractivity contribution in [1.29, 1.82) is 0 Å². The second-order valence-electron chi connectivity index (χ2n) is 5.70. The molecule has 114 valence electrons. The van der Waals surface area contributed by atoms with Crippen LogP contribution in [0.2, 0.25) is 0 Å². The van der Waals surface area contributed by atoms with Crippen LogP contribution in [0.3, 0.4) is 0 Å². The van der Waals surface area contributed by atoms with Crippen LogP contribution in [0.4, 0.5) is 4.79 Å². The summed E-state index contributed by atoms with van der Waals surface area (Å²) in [4.78, 5) is 24.6. The lowest BCUT2D eigenvalue weighted by atomic mass is 9.99. The van der Waals surface area contributed by atoms with E-state index in [2.05, 4.69) is 5.32 Å². The second-order valence-corrected chi connectivity index (χ2v) is 8.01. The number of urea groups is 1. The Morgan fingerprint density at radius 3 is 2.30 bits per heavy atom. The fourth-order valence-electron chi connectivity index (χ4n) is 2.75. The molecule has 2 aliphatic rings. The molecular formula is C12H20N2O5S. The van der Waals surface area contributed by atoms with E-state index >= 15 is 0 Å². The Hall–Kier alpha value is -1.31. The zero-order valence-electron chi connectivity index (χ0n) is 11.4. The Balaban J connectivity index is 1.86. The van der Waals surface area contributed by atoms with Crippen LogP contribution in [0.15, 0.2) is 0 Å². The van der Waals surface area contributed by atoms with Crippen molar-refractivity contribution in [1.82, 2.24) is 10.2 Å². The lowest BCUT2D eigenvalue weighted by molar-refractivity contribution is -0.142. The smallest absolute Gasteiger partial charge is 0.317 e. The summed E-state index contributed by atoms with van der Waals surface area (Å²) in [5.41, 5.74) is 0. The molecule has 2 N–H and O–H groups in total. The van der Waals surface area contributed by atoms with Gasteiger partial charge in [-0.25, -0.2) is 13.2 Å². The number of likely N-dealkylation sites (tertiary alicyclic amines) is 1. The molecule has 0 aromatic carbocycles. The molecule has 0 aliphatic carbocycles. The fraction of sp³-hybridized carbons (Fsp3) is 0.833. The summed E-state index contributed by atoms with van der Waals surface area (Å²) >= 11 is 0. The number of amides is 2. The molecule has 0 aromatic rings. The summed E-state index contributed by atoms with van der Waals surface area (Å²) in [6.45, 7) is 2.46. The number of rotatable bonds is 2. The third-order valence-electron chi connectivity index (χ3n) is 4.10. The zero-order valence-corrected chi connectivity index (χ0v) is 12.2. The monoisotopic (exact) mass is 304 g/mol. The summed E-state index contributed by atoms with van der Waals surface area (Å²) in [5.74, 6) is -1.26. The quantitative estimate of drug-likeness (QED) is 0.743. The van der Waals surface area contributed by atoms with Crippen molar-refractivity contribution in [2.24, 2.45) is 11.8 Å². The topological polar surface area (TPSA) is 104 Å². The van der Waals surface area contributed by atoms with E-state index in [0.717, 1.165) is 0 Å². The normalized spacial score (nSPS) is 30.1. The summed E-state index contributed by atoms with van der Waals surface area (Å²) in [6, 6.07) is -0.421. The van der Waals surface area contributed by atoms with Gasteiger partial charge in [0.2, 0.25) is 0 Å². The van der Waals surface area contributed by atoms with Gasteiger partial charge >= 0.3 is 12.0 Å². The summed E-state index contributed by atoms with van der Waals surface area (Å²) < 4.78 is 22.6. The number of aliphatic carboxylic acids is 1. The number of carbonyl (C=O) groups excluding carboxylic acids is 1. The molecule has 0 saturated carbocycles. The van der Waals surface area contributed by atoms with Crippen molar-refractivity contribution in [3.63, 3.8) is 0 Å². The number of carbonyl (C=O) groups is 2. The molecule has 0 aromatic heterocycles. The average Bonchev–Trinajstić information content (AvgIpc) is 2.74. The Labute approximate surface area is 118 Å². The Morgan fingerprint density at radius 2 is 1.80 bits per heavy atom. The zero-order chi connectivity index (χ0) is 14.9. The number of nitrogens with one attached hydrogen (secondary N) is 1. The van der Waals surface area contributed by atoms with E-state index < -0.39 is 21.7 Å². The summed E-state index contributed by atoms with van der Waals surface area (Å²) in [6.07, 6.45) is 0.861. The first-order valence-electron chi connectivity index (χ1n) is 6.77. The standard InChI is InChI=1S/C12H20N2O5S/c1-8-6-14(7-10(8)11(15)16)12(17)13-9-2-4-20(18,19)5-3-9/h8-10H,2-7H2,1H3,(H,13,17)(H,15,16). The minimum Gasteiger partial charge on any atom is -0.481 e. The maximum Gasteiger partial charge on any atom is 0.317 e. The molecule has 0 bridgehead atoms. The Morgan fingerprint density at radius 1 is 1.20 bits per heavy atom. The lowest BCUT2D eigenvalue weighted by Gasteiger charge is -2.26. The van der Waals surface area contributed by atoms with Crippen LogP contribution in [0, 0.1) is 11.8 Å². The maximum atomic E-state index is 12.1. The van der Waals surface area contributed by atoms with Gasteiger partial charge in [-0.1, -0.05) is 6.92 Å². The number of hydrogen-bond acceptors (Lipinski definition) is 4. The number of sulfone groups is 1. The van der Waals surface area contributed by atoms with Crippen LogP contribution in [0.5, 0.6) is 0 Å². The predicted molar refractivity (Wildman–Crippen MR) is 72.1 cm³/mol. The van der Waals surface area contributed by atoms with Crippen molar-refractivity contribution in [3.05, 3.63) is 0 Å². The number of hydrogen-bond donors (Lipinski definition) is 2. The van der Waals surface area contributed by atoms with Gasteiger partial charge in [-0.15, -0.1) is 0 Å². The first-order chi connectivity index (χ1) is 9.28. The van der Waals surface area contributed by atoms with E-state index in [4.69, 9.17) is 5.11 Å². The third kappa shape index (κ3) is 3.41. The van der Waals surface area contributed by atoms with E-state index in [-0.39, 0.29) is 36.0 Å². The van der Waals surface area contributed by atoms with Gasteiger partial charge in [0.25, 0.3) is 0 Å². The summed E-state index contributed by atoms with van der Waals surface area (Å²) in [5, 5.41) is 11.8. The Kier molecular flexibility index (Phi) is 4.22. The SMILES string of the molecule is CC1CN(C(=O)NC2CCS(=O)(=O)CC2)CC1C(=O)O. The highest BCUT2D eigenvalue weighted by molar-refractivity contribution is 7.91. The third-order valence-corrected chi connectivity index (χ3v) is 5.81. The molecule has 0 spiro atoms. The summed E-state index contributed by atoms with van der Waals surface area (Å²) in [7, 11) is -2.94. The van der Waals surface area contributed by atoms with E-state index in [1.807, 2.05) is 6.92 Å². The van der Waals surface area contributed by atoms with E-state index in [1.165, 1.54) is 4.90 Å². The van der Waals surface area contributed by atoms with Crippen LogP contribution in [-0.2, 0) is 14.6 Å². The molecule has 2 saturated heterocycles. The minimum atomic E-state index is -2.94. The lowest BCUT2D eigenvalue weighted by Crippen LogP contribution is -2.47. The largest absolute Gasteiger partial charge is 0.481 e. The van der Waals surface area contributed by atoms with Crippen LogP contribution in [0.1, 0.15) is 19.8 Å². The first kappa shape index (κ1) is 15.1. The molecule has 2 aliphatic heterocycles. The molecule has 2 amide bonds. The van der Waals surface area contributed by atoms with Crippen molar-refractivity contribution in [2.45, 2.75) is 25.8 Å². The van der Waals surface area contributed by atoms with Crippen LogP contribution in [-0.4, -0.2) is 61.1 Å². The average molecular weight is 304 g/mol. The van der Waals surface area contributed by atoms with Gasteiger partial charge in [0.1, 0.15) is 9.84 Å². The number of nitrogens with zero attached hydrogens (tertiary/aromatic N) is 1. The molecule has 20 heavy (non-hydrogen) atoms. The molecule has 7 nitrogen and oxygen atoms in total. The van der Waals surface area contributed by atoms with Crippen molar-refractivity contribution in [2.75, 3.05) is 24.6 Å². The van der Waals surface area contributed by atoms with Gasteiger partial charge in [0.15, 0.2) is 0 Å². The molecule has 8 heteroatoms. The van der Waals surface area contributed by atoms with Gasteiger partial charge in [0, 0.05) is 19.1 Å². The molecule has 2 unspecified atom stereocenters. The second kappa shape index (κ2) is 5.59. The fourth-order valence-corrected chi connectivity index (χ4v) is 4.25. The van der Waals surface area contributed by atoms with Crippen LogP contribution < -0.4 is 5.32 Å². The van der Waals surface area contributed by atoms with E-state index in [1.54, 1.807) is 0 Å². The maximum absolute atomic E-state index is 12.1. The molecule has 2 heterocycles.